The molecule has 4 heteroatoms. The van der Waals surface area contributed by atoms with Gasteiger partial charge in [0.25, 0.3) is 0 Å². The summed E-state index contributed by atoms with van der Waals surface area (Å²) in [7, 11) is 0. The molecule has 1 N–H and O–H groups in total. The van der Waals surface area contributed by atoms with Crippen LogP contribution >= 0.6 is 11.8 Å². The van der Waals surface area contributed by atoms with Gasteiger partial charge in [-0.25, -0.2) is 4.99 Å². The van der Waals surface area contributed by atoms with Crippen molar-refractivity contribution in [2.24, 2.45) is 16.8 Å². The molecule has 0 saturated carbocycles. The Morgan fingerprint density at radius 2 is 2.42 bits per heavy atom. The number of aliphatic imine (C=N–C) groups is 1. The van der Waals surface area contributed by atoms with Gasteiger partial charge in [0.2, 0.25) is 0 Å². The molecule has 0 aromatic heterocycles. The van der Waals surface area contributed by atoms with Crippen molar-refractivity contribution in [3.8, 4) is 0 Å². The lowest BCUT2D eigenvalue weighted by atomic mass is 9.78. The highest BCUT2D eigenvalue weighted by Crippen LogP contribution is 2.48. The molecule has 3 nitrogen and oxygen atoms in total. The number of fused-ring (bicyclic) bond motifs is 4. The molecule has 24 heavy (non-hydrogen) atoms. The highest BCUT2D eigenvalue weighted by molar-refractivity contribution is 8.01. The molecule has 5 rings (SSSR count). The summed E-state index contributed by atoms with van der Waals surface area (Å²) >= 11 is 2.03. The van der Waals surface area contributed by atoms with Crippen molar-refractivity contribution < 1.29 is 8.85 Å². The molecule has 128 valence electrons. The van der Waals surface area contributed by atoms with Crippen molar-refractivity contribution in [1.29, 1.82) is 0 Å². The summed E-state index contributed by atoms with van der Waals surface area (Å²) in [6.07, 6.45) is 11.4. The van der Waals surface area contributed by atoms with E-state index in [4.69, 9.17) is 8.85 Å². The van der Waals surface area contributed by atoms with Gasteiger partial charge in [-0.15, -0.1) is 11.8 Å². The number of hydrogen-bond donors (Lipinski definition) is 1. The first kappa shape index (κ1) is 12.4. The quantitative estimate of drug-likeness (QED) is 0.724. The largest absolute Gasteiger partial charge is 0.472 e. The molecule has 6 atom stereocenters. The van der Waals surface area contributed by atoms with Gasteiger partial charge in [0.1, 0.15) is 5.76 Å². The standard InChI is InChI=1S/C20H26N2OS/c1-11-6-8-15-14-4-3-5-16(18(14)23-19(15)21-11)17-9-7-13-10-12(2)24-20(13)22-17/h6-8,12,14-15,17,19-20,22H,3-5,9-10H2,1-2H3/t12?,14?,15?,17-,19?,20-/m1/s1/i1D3. The molecule has 1 aliphatic carbocycles. The van der Waals surface area contributed by atoms with Crippen molar-refractivity contribution in [3.63, 3.8) is 0 Å². The number of allylic oxidation sites excluding steroid dienone is 2. The molecule has 4 heterocycles. The third-order valence-corrected chi connectivity index (χ3v) is 7.36. The van der Waals surface area contributed by atoms with Gasteiger partial charge in [-0.1, -0.05) is 19.1 Å². The molecule has 0 aromatic rings. The first-order chi connectivity index (χ1) is 12.9. The van der Waals surface area contributed by atoms with Gasteiger partial charge >= 0.3 is 0 Å². The minimum Gasteiger partial charge on any atom is -0.472 e. The van der Waals surface area contributed by atoms with Crippen LogP contribution in [0.4, 0.5) is 0 Å². The van der Waals surface area contributed by atoms with Gasteiger partial charge < -0.3 is 4.74 Å². The molecule has 2 saturated heterocycles. The van der Waals surface area contributed by atoms with Gasteiger partial charge in [-0.3, -0.25) is 5.32 Å². The van der Waals surface area contributed by atoms with Crippen LogP contribution in [-0.2, 0) is 4.74 Å². The first-order valence-corrected chi connectivity index (χ1v) is 10.1. The van der Waals surface area contributed by atoms with Crippen LogP contribution in [0.25, 0.3) is 0 Å². The third kappa shape index (κ3) is 2.41. The van der Waals surface area contributed by atoms with Gasteiger partial charge in [-0.2, -0.15) is 0 Å². The zero-order chi connectivity index (χ0) is 18.8. The summed E-state index contributed by atoms with van der Waals surface area (Å²) in [5, 5.41) is 4.98. The Labute approximate surface area is 152 Å². The van der Waals surface area contributed by atoms with E-state index in [9.17, 15) is 0 Å². The Hall–Kier alpha value is -1.00. The first-order valence-electron chi connectivity index (χ1n) is 10.7. The maximum atomic E-state index is 7.63. The van der Waals surface area contributed by atoms with E-state index in [0.29, 0.717) is 22.6 Å². The van der Waals surface area contributed by atoms with Crippen LogP contribution in [0, 0.1) is 11.8 Å². The maximum absolute atomic E-state index is 7.63. The van der Waals surface area contributed by atoms with E-state index in [1.54, 1.807) is 11.6 Å². The maximum Gasteiger partial charge on any atom is 0.196 e. The van der Waals surface area contributed by atoms with E-state index >= 15 is 0 Å². The highest BCUT2D eigenvalue weighted by Gasteiger charge is 2.45. The summed E-state index contributed by atoms with van der Waals surface area (Å²) in [5.41, 5.74) is 3.12. The highest BCUT2D eigenvalue weighted by atomic mass is 32.2. The number of nitrogens with one attached hydrogen (secondary N) is 1. The lowest BCUT2D eigenvalue weighted by Gasteiger charge is -2.33. The average molecular weight is 346 g/mol. The molecular weight excluding hydrogens is 316 g/mol. The number of thioether (sulfide) groups is 1. The third-order valence-electron chi connectivity index (χ3n) is 6.02. The molecule has 0 aromatic carbocycles. The summed E-state index contributed by atoms with van der Waals surface area (Å²) < 4.78 is 29.2. The van der Waals surface area contributed by atoms with Gasteiger partial charge in [-0.05, 0) is 56.2 Å². The number of nitrogens with zero attached hydrogens (tertiary/aromatic N) is 1. The second kappa shape index (κ2) is 5.77. The van der Waals surface area contributed by atoms with Crippen LogP contribution in [-0.4, -0.2) is 28.6 Å². The van der Waals surface area contributed by atoms with E-state index < -0.39 is 6.85 Å². The predicted molar refractivity (Wildman–Crippen MR) is 100 cm³/mol. The monoisotopic (exact) mass is 345 g/mol. The smallest absolute Gasteiger partial charge is 0.196 e. The lowest BCUT2D eigenvalue weighted by molar-refractivity contribution is 0.146. The van der Waals surface area contributed by atoms with Crippen LogP contribution in [0.2, 0.25) is 0 Å². The minimum absolute atomic E-state index is 0.171. The Morgan fingerprint density at radius 1 is 1.46 bits per heavy atom. The number of dihydropyridines is 1. The number of ether oxygens (including phenoxy) is 1. The SMILES string of the molecule is [2H]C([2H])([2H])C1=NC2OC3=C([C@H]4CC=C5CC(C)S[C@H]5N4)CCCC3C2C=C1. The summed E-state index contributed by atoms with van der Waals surface area (Å²) in [5.74, 6) is 1.62. The summed E-state index contributed by atoms with van der Waals surface area (Å²) in [6.45, 7) is 0.134. The molecule has 4 unspecified atom stereocenters. The molecule has 0 amide bonds. The zero-order valence-corrected chi connectivity index (χ0v) is 14.8. The van der Waals surface area contributed by atoms with Crippen LogP contribution in [0.1, 0.15) is 50.0 Å². The zero-order valence-electron chi connectivity index (χ0n) is 17.0. The normalized spacial score (nSPS) is 46.0. The van der Waals surface area contributed by atoms with Crippen molar-refractivity contribution in [1.82, 2.24) is 5.32 Å². The summed E-state index contributed by atoms with van der Waals surface area (Å²) in [4.78, 5) is 4.46. The van der Waals surface area contributed by atoms with Crippen LogP contribution in [0.3, 0.4) is 0 Å². The van der Waals surface area contributed by atoms with Crippen molar-refractivity contribution in [2.45, 2.75) is 68.8 Å². The Balaban J connectivity index is 1.42. The van der Waals surface area contributed by atoms with Crippen molar-refractivity contribution in [2.75, 3.05) is 0 Å². The van der Waals surface area contributed by atoms with E-state index in [-0.39, 0.29) is 17.9 Å². The van der Waals surface area contributed by atoms with Crippen molar-refractivity contribution in [3.05, 3.63) is 35.1 Å². The number of hydrogen-bond acceptors (Lipinski definition) is 4. The van der Waals surface area contributed by atoms with Gasteiger partial charge in [0.15, 0.2) is 6.23 Å². The topological polar surface area (TPSA) is 33.6 Å². The second-order valence-electron chi connectivity index (χ2n) is 7.61. The molecule has 4 aliphatic heterocycles. The van der Waals surface area contributed by atoms with E-state index in [0.717, 1.165) is 25.0 Å². The number of rotatable bonds is 1. The van der Waals surface area contributed by atoms with Crippen LogP contribution in [0.15, 0.2) is 40.1 Å². The average Bonchev–Trinajstić information content (AvgIpc) is 3.18. The Morgan fingerprint density at radius 3 is 3.33 bits per heavy atom. The van der Waals surface area contributed by atoms with Gasteiger partial charge in [0.05, 0.1) is 5.37 Å². The Bertz CT molecular complexity index is 770. The molecule has 0 radical (unpaired) electrons. The van der Waals surface area contributed by atoms with E-state index in [1.165, 1.54) is 18.4 Å². The predicted octanol–water partition coefficient (Wildman–Crippen LogP) is 4.18. The molecule has 0 bridgehead atoms. The van der Waals surface area contributed by atoms with E-state index in [2.05, 4.69) is 23.3 Å². The fraction of sp³-hybridized carbons (Fsp3) is 0.650. The fourth-order valence-corrected chi connectivity index (χ4v) is 6.28. The van der Waals surface area contributed by atoms with Crippen LogP contribution in [0.5, 0.6) is 0 Å². The summed E-state index contributed by atoms with van der Waals surface area (Å²) in [6, 6.07) is 0.338. The minimum atomic E-state index is -2.17. The van der Waals surface area contributed by atoms with Crippen molar-refractivity contribution >= 4 is 17.5 Å². The molecule has 0 spiro atoms. The van der Waals surface area contributed by atoms with E-state index in [1.807, 2.05) is 17.8 Å². The van der Waals surface area contributed by atoms with Crippen LogP contribution < -0.4 is 5.32 Å². The Kier molecular flexibility index (Phi) is 2.97. The second-order valence-corrected chi connectivity index (χ2v) is 9.16. The van der Waals surface area contributed by atoms with Gasteiger partial charge in [0, 0.05) is 33.0 Å². The molecule has 5 aliphatic rings. The lowest BCUT2D eigenvalue weighted by Crippen LogP contribution is -2.41. The molecular formula is C20H26N2OS. The molecule has 2 fully saturated rings. The fourth-order valence-electron chi connectivity index (χ4n) is 4.92.